The summed E-state index contributed by atoms with van der Waals surface area (Å²) in [5, 5.41) is 9.09. The lowest BCUT2D eigenvalue weighted by Crippen LogP contribution is -2.53. The average molecular weight is 303 g/mol. The highest BCUT2D eigenvalue weighted by Crippen LogP contribution is 2.12. The van der Waals surface area contributed by atoms with Crippen molar-refractivity contribution < 1.29 is 38.5 Å². The molecular formula is C12H17NO8. The van der Waals surface area contributed by atoms with E-state index in [-0.39, 0.29) is 13.1 Å². The minimum atomic E-state index is -1.89. The van der Waals surface area contributed by atoms with Crippen LogP contribution in [0.1, 0.15) is 13.8 Å². The normalized spacial score (nSPS) is 17.5. The molecule has 0 unspecified atom stereocenters. The van der Waals surface area contributed by atoms with Gasteiger partial charge in [-0.15, -0.1) is 0 Å². The predicted octanol–water partition coefficient (Wildman–Crippen LogP) is -1.21. The van der Waals surface area contributed by atoms with E-state index in [9.17, 15) is 19.2 Å². The fourth-order valence-corrected chi connectivity index (χ4v) is 1.80. The number of nitrogens with zero attached hydrogens (tertiary/aromatic N) is 1. The second kappa shape index (κ2) is 7.58. The summed E-state index contributed by atoms with van der Waals surface area (Å²) < 4.78 is 14.4. The lowest BCUT2D eigenvalue weighted by atomic mass is 10.1. The molecule has 1 aliphatic heterocycles. The van der Waals surface area contributed by atoms with Gasteiger partial charge >= 0.3 is 17.9 Å². The van der Waals surface area contributed by atoms with Crippen molar-refractivity contribution in [3.63, 3.8) is 0 Å². The first-order chi connectivity index (χ1) is 9.82. The highest BCUT2D eigenvalue weighted by atomic mass is 16.6. The third-order valence-electron chi connectivity index (χ3n) is 2.67. The second-order valence-corrected chi connectivity index (χ2v) is 4.34. The predicted molar refractivity (Wildman–Crippen MR) is 66.1 cm³/mol. The minimum Gasteiger partial charge on any atom is -0.478 e. The SMILES string of the molecule is CC(=O)O[C@@H](C(=O)O)[C@@H](OC(C)=O)C(=O)N1CCOCC1. The van der Waals surface area contributed by atoms with Crippen LogP contribution in [-0.4, -0.2) is 72.3 Å². The first-order valence-electron chi connectivity index (χ1n) is 6.26. The lowest BCUT2D eigenvalue weighted by molar-refractivity contribution is -0.184. The number of morpholine rings is 1. The first-order valence-corrected chi connectivity index (χ1v) is 6.26. The second-order valence-electron chi connectivity index (χ2n) is 4.34. The number of carbonyl (C=O) groups excluding carboxylic acids is 3. The maximum absolute atomic E-state index is 12.3. The summed E-state index contributed by atoms with van der Waals surface area (Å²) >= 11 is 0. The van der Waals surface area contributed by atoms with Crippen molar-refractivity contribution in [2.45, 2.75) is 26.1 Å². The number of esters is 2. The molecule has 1 aliphatic rings. The monoisotopic (exact) mass is 303 g/mol. The number of carbonyl (C=O) groups is 4. The Morgan fingerprint density at radius 1 is 1.00 bits per heavy atom. The molecule has 2 atom stereocenters. The van der Waals surface area contributed by atoms with E-state index in [1.54, 1.807) is 0 Å². The van der Waals surface area contributed by atoms with Crippen molar-refractivity contribution in [1.29, 1.82) is 0 Å². The van der Waals surface area contributed by atoms with Crippen LogP contribution >= 0.6 is 0 Å². The molecule has 0 radical (unpaired) electrons. The number of hydrogen-bond donors (Lipinski definition) is 1. The molecule has 1 heterocycles. The zero-order valence-electron chi connectivity index (χ0n) is 11.7. The molecule has 0 aromatic rings. The summed E-state index contributed by atoms with van der Waals surface area (Å²) in [4.78, 5) is 46.9. The first kappa shape index (κ1) is 16.9. The van der Waals surface area contributed by atoms with Crippen molar-refractivity contribution in [2.75, 3.05) is 26.3 Å². The van der Waals surface area contributed by atoms with Gasteiger partial charge in [0.15, 0.2) is 0 Å². The highest BCUT2D eigenvalue weighted by Gasteiger charge is 2.41. The largest absolute Gasteiger partial charge is 0.478 e. The van der Waals surface area contributed by atoms with Crippen LogP contribution in [-0.2, 0) is 33.4 Å². The molecule has 0 aromatic heterocycles. The van der Waals surface area contributed by atoms with E-state index >= 15 is 0 Å². The fourth-order valence-electron chi connectivity index (χ4n) is 1.80. The minimum absolute atomic E-state index is 0.239. The molecule has 9 heteroatoms. The molecule has 118 valence electrons. The molecule has 1 saturated heterocycles. The fraction of sp³-hybridized carbons (Fsp3) is 0.667. The summed E-state index contributed by atoms with van der Waals surface area (Å²) in [6.45, 7) is 3.10. The smallest absolute Gasteiger partial charge is 0.349 e. The van der Waals surface area contributed by atoms with Gasteiger partial charge in [-0.1, -0.05) is 0 Å². The summed E-state index contributed by atoms with van der Waals surface area (Å²) in [5.74, 6) is -4.05. The van der Waals surface area contributed by atoms with E-state index in [1.807, 2.05) is 0 Å². The topological polar surface area (TPSA) is 119 Å². The van der Waals surface area contributed by atoms with Crippen molar-refractivity contribution in [1.82, 2.24) is 4.90 Å². The summed E-state index contributed by atoms with van der Waals surface area (Å²) in [7, 11) is 0. The van der Waals surface area contributed by atoms with Gasteiger partial charge in [-0.2, -0.15) is 0 Å². The van der Waals surface area contributed by atoms with Gasteiger partial charge < -0.3 is 24.2 Å². The third kappa shape index (κ3) is 5.03. The number of carboxylic acids is 1. The molecule has 0 spiro atoms. The van der Waals surface area contributed by atoms with Gasteiger partial charge in [0.1, 0.15) is 0 Å². The van der Waals surface area contributed by atoms with Crippen LogP contribution in [0.4, 0.5) is 0 Å². The molecule has 0 bridgehead atoms. The van der Waals surface area contributed by atoms with Gasteiger partial charge in [0, 0.05) is 26.9 Å². The zero-order valence-corrected chi connectivity index (χ0v) is 11.7. The molecule has 0 aliphatic carbocycles. The van der Waals surface area contributed by atoms with E-state index in [4.69, 9.17) is 14.6 Å². The van der Waals surface area contributed by atoms with E-state index in [0.717, 1.165) is 13.8 Å². The number of carboxylic acid groups (broad SMARTS) is 1. The van der Waals surface area contributed by atoms with Gasteiger partial charge in [-0.25, -0.2) is 4.79 Å². The Balaban J connectivity index is 2.94. The van der Waals surface area contributed by atoms with Crippen LogP contribution < -0.4 is 0 Å². The standard InChI is InChI=1S/C12H17NO8/c1-7(14)20-9(10(12(17)18)21-8(2)15)11(16)13-3-5-19-6-4-13/h9-10H,3-6H2,1-2H3,(H,17,18)/t9-,10-/m1/s1. The van der Waals surface area contributed by atoms with Crippen LogP contribution in [0.15, 0.2) is 0 Å². The van der Waals surface area contributed by atoms with Gasteiger partial charge in [0.2, 0.25) is 12.2 Å². The highest BCUT2D eigenvalue weighted by molar-refractivity contribution is 5.91. The Labute approximate surface area is 120 Å². The molecule has 1 N–H and O–H groups in total. The Bertz CT molecular complexity index is 429. The molecule has 9 nitrogen and oxygen atoms in total. The van der Waals surface area contributed by atoms with Crippen molar-refractivity contribution in [3.05, 3.63) is 0 Å². The quantitative estimate of drug-likeness (QED) is 0.628. The average Bonchev–Trinajstić information content (AvgIpc) is 2.42. The summed E-state index contributed by atoms with van der Waals surface area (Å²) in [6.07, 6.45) is -3.61. The van der Waals surface area contributed by atoms with Crippen LogP contribution in [0, 0.1) is 0 Å². The van der Waals surface area contributed by atoms with Gasteiger partial charge in [-0.05, 0) is 0 Å². The maximum Gasteiger partial charge on any atom is 0.349 e. The summed E-state index contributed by atoms with van der Waals surface area (Å²) in [5.41, 5.74) is 0. The van der Waals surface area contributed by atoms with E-state index in [1.165, 1.54) is 4.90 Å². The third-order valence-corrected chi connectivity index (χ3v) is 2.67. The van der Waals surface area contributed by atoms with Crippen LogP contribution in [0.3, 0.4) is 0 Å². The molecule has 21 heavy (non-hydrogen) atoms. The molecule has 1 fully saturated rings. The Hall–Kier alpha value is -2.16. The van der Waals surface area contributed by atoms with Crippen LogP contribution in [0.2, 0.25) is 0 Å². The van der Waals surface area contributed by atoms with E-state index in [0.29, 0.717) is 13.2 Å². The zero-order chi connectivity index (χ0) is 16.0. The van der Waals surface area contributed by atoms with E-state index in [2.05, 4.69) is 4.74 Å². The Kier molecular flexibility index (Phi) is 6.10. The number of aliphatic carboxylic acids is 1. The Morgan fingerprint density at radius 3 is 1.90 bits per heavy atom. The van der Waals surface area contributed by atoms with Crippen molar-refractivity contribution in [2.24, 2.45) is 0 Å². The molecule has 0 aromatic carbocycles. The Morgan fingerprint density at radius 2 is 1.48 bits per heavy atom. The van der Waals surface area contributed by atoms with Crippen LogP contribution in [0.25, 0.3) is 0 Å². The van der Waals surface area contributed by atoms with Gasteiger partial charge in [0.25, 0.3) is 5.91 Å². The molecule has 1 rings (SSSR count). The number of hydrogen-bond acceptors (Lipinski definition) is 7. The number of rotatable bonds is 5. The molecular weight excluding hydrogens is 286 g/mol. The molecule has 0 saturated carbocycles. The summed E-state index contributed by atoms with van der Waals surface area (Å²) in [6, 6.07) is 0. The number of amides is 1. The van der Waals surface area contributed by atoms with E-state index < -0.39 is 36.0 Å². The molecule has 1 amide bonds. The van der Waals surface area contributed by atoms with Gasteiger partial charge in [0.05, 0.1) is 13.2 Å². The van der Waals surface area contributed by atoms with Crippen LogP contribution in [0.5, 0.6) is 0 Å². The number of ether oxygens (including phenoxy) is 3. The van der Waals surface area contributed by atoms with Gasteiger partial charge in [-0.3, -0.25) is 14.4 Å². The van der Waals surface area contributed by atoms with Crippen molar-refractivity contribution in [3.8, 4) is 0 Å². The van der Waals surface area contributed by atoms with Crippen molar-refractivity contribution >= 4 is 23.8 Å². The maximum atomic E-state index is 12.3. The lowest BCUT2D eigenvalue weighted by Gasteiger charge is -2.31.